The van der Waals surface area contributed by atoms with E-state index in [0.717, 1.165) is 18.2 Å². The molecule has 0 saturated carbocycles. The van der Waals surface area contributed by atoms with Crippen molar-refractivity contribution >= 4 is 11.8 Å². The predicted molar refractivity (Wildman–Crippen MR) is 72.1 cm³/mol. The number of carboxylic acid groups (broad SMARTS) is 1. The first-order chi connectivity index (χ1) is 9.90. The molecule has 1 saturated heterocycles. The lowest BCUT2D eigenvalue weighted by atomic mass is 9.88. The van der Waals surface area contributed by atoms with Crippen LogP contribution in [0.1, 0.15) is 30.1 Å². The number of piperidine rings is 1. The van der Waals surface area contributed by atoms with Gasteiger partial charge in [0, 0.05) is 5.92 Å². The van der Waals surface area contributed by atoms with E-state index in [1.165, 1.54) is 0 Å². The van der Waals surface area contributed by atoms with E-state index in [4.69, 9.17) is 5.11 Å². The van der Waals surface area contributed by atoms with Crippen molar-refractivity contribution in [1.29, 1.82) is 0 Å². The van der Waals surface area contributed by atoms with Crippen LogP contribution in [-0.2, 0) is 4.79 Å². The van der Waals surface area contributed by atoms with Gasteiger partial charge in [-0.25, -0.2) is 8.78 Å². The zero-order valence-electron chi connectivity index (χ0n) is 11.7. The highest BCUT2D eigenvalue weighted by Crippen LogP contribution is 2.24. The van der Waals surface area contributed by atoms with Gasteiger partial charge in [-0.15, -0.1) is 0 Å². The number of likely N-dealkylation sites (tertiary alicyclic amines) is 1. The van der Waals surface area contributed by atoms with E-state index in [1.54, 1.807) is 11.8 Å². The highest BCUT2D eigenvalue weighted by molar-refractivity contribution is 5.98. The largest absolute Gasteiger partial charge is 0.480 e. The zero-order chi connectivity index (χ0) is 15.6. The molecule has 2 rings (SSSR count). The Morgan fingerprint density at radius 1 is 1.29 bits per heavy atom. The number of aliphatic carboxylic acids is 1. The third kappa shape index (κ3) is 3.44. The van der Waals surface area contributed by atoms with Crippen LogP contribution in [0.5, 0.6) is 0 Å². The Kier molecular flexibility index (Phi) is 4.67. The van der Waals surface area contributed by atoms with Crippen LogP contribution < -0.4 is 0 Å². The van der Waals surface area contributed by atoms with Gasteiger partial charge >= 0.3 is 5.97 Å². The van der Waals surface area contributed by atoms with Crippen LogP contribution in [0.15, 0.2) is 18.2 Å². The molecule has 0 radical (unpaired) electrons. The molecule has 0 bridgehead atoms. The monoisotopic (exact) mass is 297 g/mol. The first kappa shape index (κ1) is 15.6. The molecule has 6 heteroatoms. The second kappa shape index (κ2) is 6.30. The molecular formula is C15H17F2NO3. The van der Waals surface area contributed by atoms with E-state index < -0.39 is 35.3 Å². The summed E-state index contributed by atoms with van der Waals surface area (Å²) in [5, 5.41) is 8.95. The molecule has 1 aromatic carbocycles. The van der Waals surface area contributed by atoms with Crippen molar-refractivity contribution in [3.05, 3.63) is 35.4 Å². The summed E-state index contributed by atoms with van der Waals surface area (Å²) >= 11 is 0. The number of Topliss-reactive ketones (excluding diaryl/α,β-unsaturated/α-hetero) is 1. The molecule has 21 heavy (non-hydrogen) atoms. The molecule has 1 unspecified atom stereocenters. The molecule has 1 aliphatic heterocycles. The van der Waals surface area contributed by atoms with E-state index in [9.17, 15) is 18.4 Å². The van der Waals surface area contributed by atoms with Gasteiger partial charge in [0.05, 0.1) is 5.56 Å². The van der Waals surface area contributed by atoms with Gasteiger partial charge in [-0.3, -0.25) is 14.5 Å². The number of benzene rings is 1. The number of carbonyl (C=O) groups excluding carboxylic acids is 1. The molecule has 0 aromatic heterocycles. The van der Waals surface area contributed by atoms with Crippen LogP contribution in [0.3, 0.4) is 0 Å². The molecule has 4 nitrogen and oxygen atoms in total. The molecule has 1 fully saturated rings. The van der Waals surface area contributed by atoms with Crippen molar-refractivity contribution in [1.82, 2.24) is 4.90 Å². The van der Waals surface area contributed by atoms with Crippen LogP contribution >= 0.6 is 0 Å². The van der Waals surface area contributed by atoms with Crippen molar-refractivity contribution in [2.75, 3.05) is 13.1 Å². The van der Waals surface area contributed by atoms with Gasteiger partial charge in [0.25, 0.3) is 0 Å². The summed E-state index contributed by atoms with van der Waals surface area (Å²) in [7, 11) is 0. The Bertz CT molecular complexity index is 554. The van der Waals surface area contributed by atoms with Crippen molar-refractivity contribution in [3.8, 4) is 0 Å². The van der Waals surface area contributed by atoms with Crippen LogP contribution in [0, 0.1) is 17.6 Å². The number of carbonyl (C=O) groups is 2. The normalized spacial score (nSPS) is 18.4. The molecular weight excluding hydrogens is 280 g/mol. The summed E-state index contributed by atoms with van der Waals surface area (Å²) < 4.78 is 26.7. The van der Waals surface area contributed by atoms with E-state index in [-0.39, 0.29) is 5.56 Å². The van der Waals surface area contributed by atoms with Crippen molar-refractivity contribution in [3.63, 3.8) is 0 Å². The summed E-state index contributed by atoms with van der Waals surface area (Å²) in [4.78, 5) is 24.9. The van der Waals surface area contributed by atoms with Crippen LogP contribution in [0.2, 0.25) is 0 Å². The quantitative estimate of drug-likeness (QED) is 0.867. The van der Waals surface area contributed by atoms with Crippen molar-refractivity contribution in [2.45, 2.75) is 25.8 Å². The highest BCUT2D eigenvalue weighted by Gasteiger charge is 2.31. The molecule has 1 aromatic rings. The van der Waals surface area contributed by atoms with E-state index in [0.29, 0.717) is 25.9 Å². The minimum absolute atomic E-state index is 0.222. The minimum atomic E-state index is -0.907. The summed E-state index contributed by atoms with van der Waals surface area (Å²) in [6.45, 7) is 2.51. The van der Waals surface area contributed by atoms with E-state index in [1.807, 2.05) is 0 Å². The summed E-state index contributed by atoms with van der Waals surface area (Å²) in [5.41, 5.74) is -0.222. The van der Waals surface area contributed by atoms with Gasteiger partial charge in [-0.2, -0.15) is 0 Å². The smallest absolute Gasteiger partial charge is 0.320 e. The molecule has 1 aliphatic rings. The number of halogens is 2. The Labute approximate surface area is 121 Å². The van der Waals surface area contributed by atoms with Gasteiger partial charge in [-0.1, -0.05) is 0 Å². The summed E-state index contributed by atoms with van der Waals surface area (Å²) in [6.07, 6.45) is 0.902. The van der Waals surface area contributed by atoms with E-state index >= 15 is 0 Å². The number of hydrogen-bond acceptors (Lipinski definition) is 3. The number of carboxylic acids is 1. The SMILES string of the molecule is CC(C(=O)O)N1CCC(C(=O)c2cc(F)ccc2F)CC1. The average Bonchev–Trinajstić information content (AvgIpc) is 2.48. The molecule has 0 spiro atoms. The lowest BCUT2D eigenvalue weighted by Crippen LogP contribution is -2.45. The summed E-state index contributed by atoms with van der Waals surface area (Å²) in [5.74, 6) is -3.07. The lowest BCUT2D eigenvalue weighted by molar-refractivity contribution is -0.143. The summed E-state index contributed by atoms with van der Waals surface area (Å²) in [6, 6.07) is 2.24. The molecule has 0 aliphatic carbocycles. The fraction of sp³-hybridized carbons (Fsp3) is 0.467. The Morgan fingerprint density at radius 2 is 1.90 bits per heavy atom. The molecule has 1 heterocycles. The predicted octanol–water partition coefficient (Wildman–Crippen LogP) is 2.33. The fourth-order valence-corrected chi connectivity index (χ4v) is 2.61. The average molecular weight is 297 g/mol. The van der Waals surface area contributed by atoms with Crippen molar-refractivity contribution < 1.29 is 23.5 Å². The standard InChI is InChI=1S/C15H17F2NO3/c1-9(15(20)21)18-6-4-10(5-7-18)14(19)12-8-11(16)2-3-13(12)17/h2-3,8-10H,4-7H2,1H3,(H,20,21). The van der Waals surface area contributed by atoms with Gasteiger partial charge in [-0.05, 0) is 51.1 Å². The maximum atomic E-state index is 13.6. The molecule has 1 N–H and O–H groups in total. The molecule has 114 valence electrons. The van der Waals surface area contributed by atoms with Crippen LogP contribution in [0.4, 0.5) is 8.78 Å². The van der Waals surface area contributed by atoms with Gasteiger partial charge < -0.3 is 5.11 Å². The Balaban J connectivity index is 2.03. The zero-order valence-corrected chi connectivity index (χ0v) is 11.7. The number of rotatable bonds is 4. The van der Waals surface area contributed by atoms with Gasteiger partial charge in [0.15, 0.2) is 5.78 Å². The first-order valence-electron chi connectivity index (χ1n) is 6.86. The second-order valence-corrected chi connectivity index (χ2v) is 5.31. The third-order valence-corrected chi connectivity index (χ3v) is 4.00. The van der Waals surface area contributed by atoms with E-state index in [2.05, 4.69) is 0 Å². The molecule has 1 atom stereocenters. The van der Waals surface area contributed by atoms with Gasteiger partial charge in [0.2, 0.25) is 0 Å². The first-order valence-corrected chi connectivity index (χ1v) is 6.86. The number of nitrogens with zero attached hydrogens (tertiary/aromatic N) is 1. The topological polar surface area (TPSA) is 57.6 Å². The molecule has 0 amide bonds. The van der Waals surface area contributed by atoms with Gasteiger partial charge in [0.1, 0.15) is 17.7 Å². The van der Waals surface area contributed by atoms with Crippen molar-refractivity contribution in [2.24, 2.45) is 5.92 Å². The Morgan fingerprint density at radius 3 is 2.48 bits per heavy atom. The van der Waals surface area contributed by atoms with Crippen LogP contribution in [-0.4, -0.2) is 40.9 Å². The number of hydrogen-bond donors (Lipinski definition) is 1. The van der Waals surface area contributed by atoms with Crippen LogP contribution in [0.25, 0.3) is 0 Å². The fourth-order valence-electron chi connectivity index (χ4n) is 2.61. The second-order valence-electron chi connectivity index (χ2n) is 5.31. The number of ketones is 1. The Hall–Kier alpha value is -1.82. The minimum Gasteiger partial charge on any atom is -0.480 e. The highest BCUT2D eigenvalue weighted by atomic mass is 19.1. The lowest BCUT2D eigenvalue weighted by Gasteiger charge is -2.33. The maximum Gasteiger partial charge on any atom is 0.320 e. The third-order valence-electron chi connectivity index (χ3n) is 4.00. The maximum absolute atomic E-state index is 13.6.